The van der Waals surface area contributed by atoms with Crippen molar-refractivity contribution in [3.05, 3.63) is 58.5 Å². The van der Waals surface area contributed by atoms with Crippen molar-refractivity contribution in [3.63, 3.8) is 0 Å². The number of benzene rings is 1. The van der Waals surface area contributed by atoms with Crippen molar-refractivity contribution < 1.29 is 32.5 Å². The van der Waals surface area contributed by atoms with Gasteiger partial charge in [-0.15, -0.1) is 11.3 Å². The second-order valence-electron chi connectivity index (χ2n) is 8.36. The van der Waals surface area contributed by atoms with Gasteiger partial charge in [-0.05, 0) is 54.6 Å². The molecule has 0 spiro atoms. The van der Waals surface area contributed by atoms with Crippen LogP contribution in [0, 0.1) is 0 Å². The lowest BCUT2D eigenvalue weighted by Gasteiger charge is -2.29. The van der Waals surface area contributed by atoms with Crippen LogP contribution in [-0.4, -0.2) is 69.5 Å². The van der Waals surface area contributed by atoms with E-state index in [1.807, 2.05) is 23.6 Å². The van der Waals surface area contributed by atoms with Crippen LogP contribution in [0.2, 0.25) is 0 Å². The Bertz CT molecular complexity index is 1110. The van der Waals surface area contributed by atoms with Gasteiger partial charge in [-0.1, -0.05) is 6.07 Å². The molecule has 2 atom stereocenters. The van der Waals surface area contributed by atoms with Crippen LogP contribution in [0.25, 0.3) is 0 Å². The summed E-state index contributed by atoms with van der Waals surface area (Å²) in [7, 11) is -2.34. The predicted octanol–water partition coefficient (Wildman–Crippen LogP) is 2.45. The summed E-state index contributed by atoms with van der Waals surface area (Å²) in [5.74, 6) is 0.478. The fourth-order valence-corrected chi connectivity index (χ4v) is 5.98. The number of methoxy groups -OCH3 is 1. The van der Waals surface area contributed by atoms with Gasteiger partial charge in [-0.3, -0.25) is 4.79 Å². The van der Waals surface area contributed by atoms with E-state index in [0.29, 0.717) is 12.2 Å². The highest BCUT2D eigenvalue weighted by Crippen LogP contribution is 2.34. The molecule has 1 fully saturated rings. The van der Waals surface area contributed by atoms with E-state index in [-0.39, 0.29) is 54.8 Å². The lowest BCUT2D eigenvalue weighted by molar-refractivity contribution is -0.146. The normalized spacial score (nSPS) is 20.3. The molecule has 11 heteroatoms. The molecule has 1 aliphatic heterocycles. The number of ether oxygens (including phenoxy) is 3. The number of carbonyl (C=O) groups excluding carboxylic acids is 1. The minimum Gasteiger partial charge on any atom is -0.497 e. The third-order valence-electron chi connectivity index (χ3n) is 5.79. The molecule has 0 saturated heterocycles. The van der Waals surface area contributed by atoms with E-state index in [2.05, 4.69) is 5.32 Å². The number of carbonyl (C=O) groups is 1. The van der Waals surface area contributed by atoms with Crippen molar-refractivity contribution in [1.29, 1.82) is 0 Å². The van der Waals surface area contributed by atoms with Gasteiger partial charge in [0.05, 0.1) is 25.2 Å². The summed E-state index contributed by atoms with van der Waals surface area (Å²) in [5.41, 5.74) is 0. The number of aliphatic hydroxyl groups excluding tert-OH is 1. The summed E-state index contributed by atoms with van der Waals surface area (Å²) < 4.78 is 44.2. The molecule has 1 amide bonds. The fourth-order valence-electron chi connectivity index (χ4n) is 3.75. The molecule has 1 aromatic carbocycles. The summed E-state index contributed by atoms with van der Waals surface area (Å²) in [6.07, 6.45) is 3.57. The van der Waals surface area contributed by atoms with Crippen LogP contribution in [0.3, 0.4) is 0 Å². The first-order chi connectivity index (χ1) is 16.9. The molecule has 1 aromatic heterocycles. The number of thiophene rings is 1. The van der Waals surface area contributed by atoms with Crippen molar-refractivity contribution in [2.24, 2.45) is 0 Å². The van der Waals surface area contributed by atoms with Gasteiger partial charge < -0.3 is 24.6 Å². The van der Waals surface area contributed by atoms with Crippen LogP contribution in [-0.2, 0) is 24.3 Å². The molecular weight excluding hydrogens is 492 g/mol. The maximum absolute atomic E-state index is 13.1. The summed E-state index contributed by atoms with van der Waals surface area (Å²) in [4.78, 5) is 13.8. The molecule has 35 heavy (non-hydrogen) atoms. The molecule has 2 aliphatic rings. The van der Waals surface area contributed by atoms with Gasteiger partial charge in [0.15, 0.2) is 5.76 Å². The van der Waals surface area contributed by atoms with Gasteiger partial charge in [-0.25, -0.2) is 8.42 Å². The standard InChI is InChI=1S/C24H30N2O7S2/c1-31-19-6-8-20(9-7-19)35(29,30)26(10-12-27)11-13-32-23-16-17(22-3-2-14-34-22)15-21(33-23)24(28)25-18-4-5-18/h2-3,6-9,14-15,17-18,23,27H,4-5,10-13,16H2,1H3,(H,25,28)/t17-,23+/m1/s1. The number of aliphatic hydroxyl groups is 1. The topological polar surface area (TPSA) is 114 Å². The number of sulfonamides is 1. The van der Waals surface area contributed by atoms with Crippen LogP contribution in [0.5, 0.6) is 5.75 Å². The van der Waals surface area contributed by atoms with E-state index in [0.717, 1.165) is 17.7 Å². The Morgan fingerprint density at radius 3 is 2.63 bits per heavy atom. The first-order valence-electron chi connectivity index (χ1n) is 11.5. The van der Waals surface area contributed by atoms with E-state index in [4.69, 9.17) is 14.2 Å². The van der Waals surface area contributed by atoms with E-state index < -0.39 is 16.3 Å². The molecule has 0 unspecified atom stereocenters. The maximum Gasteiger partial charge on any atom is 0.286 e. The minimum absolute atomic E-state index is 0.0196. The second-order valence-corrected chi connectivity index (χ2v) is 11.3. The van der Waals surface area contributed by atoms with Crippen LogP contribution >= 0.6 is 11.3 Å². The van der Waals surface area contributed by atoms with Gasteiger partial charge in [0.25, 0.3) is 5.91 Å². The summed E-state index contributed by atoms with van der Waals surface area (Å²) >= 11 is 1.60. The molecule has 2 N–H and O–H groups in total. The molecule has 4 rings (SSSR count). The number of amides is 1. The molecule has 1 aliphatic carbocycles. The molecule has 2 aromatic rings. The van der Waals surface area contributed by atoms with Crippen LogP contribution in [0.1, 0.15) is 30.1 Å². The average Bonchev–Trinajstić information content (AvgIpc) is 3.50. The highest BCUT2D eigenvalue weighted by molar-refractivity contribution is 7.89. The zero-order valence-corrected chi connectivity index (χ0v) is 21.1. The number of hydrogen-bond donors (Lipinski definition) is 2. The van der Waals surface area contributed by atoms with Gasteiger partial charge >= 0.3 is 0 Å². The number of nitrogens with one attached hydrogen (secondary N) is 1. The Kier molecular flexibility index (Phi) is 8.45. The SMILES string of the molecule is COc1ccc(S(=O)(=O)N(CCO)CCO[C@@H]2C[C@H](c3cccs3)C=C(C(=O)NC3CC3)O2)cc1. The Hall–Kier alpha value is -2.44. The van der Waals surface area contributed by atoms with Crippen LogP contribution in [0.4, 0.5) is 0 Å². The van der Waals surface area contributed by atoms with E-state index >= 15 is 0 Å². The highest BCUT2D eigenvalue weighted by atomic mass is 32.2. The summed E-state index contributed by atoms with van der Waals surface area (Å²) in [6.45, 7) is -0.347. The summed E-state index contributed by atoms with van der Waals surface area (Å²) in [6, 6.07) is 10.2. The molecular formula is C24H30N2O7S2. The largest absolute Gasteiger partial charge is 0.497 e. The van der Waals surface area contributed by atoms with Crippen molar-refractivity contribution in [2.45, 2.75) is 42.4 Å². The Labute approximate surface area is 209 Å². The monoisotopic (exact) mass is 522 g/mol. The fraction of sp³-hybridized carbons (Fsp3) is 0.458. The maximum atomic E-state index is 13.1. The molecule has 1 saturated carbocycles. The highest BCUT2D eigenvalue weighted by Gasteiger charge is 2.32. The van der Waals surface area contributed by atoms with Crippen molar-refractivity contribution in [3.8, 4) is 5.75 Å². The average molecular weight is 523 g/mol. The third kappa shape index (κ3) is 6.62. The van der Waals surface area contributed by atoms with Crippen LogP contribution in [0.15, 0.2) is 58.5 Å². The minimum atomic E-state index is -3.85. The lowest BCUT2D eigenvalue weighted by Crippen LogP contribution is -2.38. The second kappa shape index (κ2) is 11.5. The smallest absolute Gasteiger partial charge is 0.286 e. The number of hydrogen-bond acceptors (Lipinski definition) is 8. The number of allylic oxidation sites excluding steroid dienone is 1. The lowest BCUT2D eigenvalue weighted by atomic mass is 9.99. The van der Waals surface area contributed by atoms with Crippen molar-refractivity contribution in [1.82, 2.24) is 9.62 Å². The Morgan fingerprint density at radius 2 is 2.00 bits per heavy atom. The molecule has 9 nitrogen and oxygen atoms in total. The molecule has 2 heterocycles. The molecule has 0 bridgehead atoms. The van der Waals surface area contributed by atoms with E-state index in [9.17, 15) is 18.3 Å². The van der Waals surface area contributed by atoms with Gasteiger partial charge in [0, 0.05) is 36.3 Å². The first kappa shape index (κ1) is 25.6. The van der Waals surface area contributed by atoms with Gasteiger partial charge in [-0.2, -0.15) is 4.31 Å². The summed E-state index contributed by atoms with van der Waals surface area (Å²) in [5, 5.41) is 14.4. The number of nitrogens with zero attached hydrogens (tertiary/aromatic N) is 1. The van der Waals surface area contributed by atoms with Gasteiger partial charge in [0.1, 0.15) is 5.75 Å². The predicted molar refractivity (Wildman–Crippen MR) is 131 cm³/mol. The molecule has 190 valence electrons. The molecule has 0 radical (unpaired) electrons. The van der Waals surface area contributed by atoms with Crippen molar-refractivity contribution in [2.75, 3.05) is 33.4 Å². The Morgan fingerprint density at radius 1 is 1.23 bits per heavy atom. The third-order valence-corrected chi connectivity index (χ3v) is 8.71. The van der Waals surface area contributed by atoms with Gasteiger partial charge in [0.2, 0.25) is 16.3 Å². The number of rotatable bonds is 12. The quantitative estimate of drug-likeness (QED) is 0.440. The van der Waals surface area contributed by atoms with E-state index in [1.54, 1.807) is 23.5 Å². The van der Waals surface area contributed by atoms with E-state index in [1.165, 1.54) is 23.5 Å². The van der Waals surface area contributed by atoms with Crippen molar-refractivity contribution >= 4 is 27.3 Å². The Balaban J connectivity index is 1.40. The zero-order chi connectivity index (χ0) is 24.8. The first-order valence-corrected chi connectivity index (χ1v) is 13.8. The van der Waals surface area contributed by atoms with Crippen LogP contribution < -0.4 is 10.1 Å². The zero-order valence-electron chi connectivity index (χ0n) is 19.5.